The number of piperidine rings is 1. The molecule has 2 saturated heterocycles. The first-order valence-corrected chi connectivity index (χ1v) is 11.5. The highest BCUT2D eigenvalue weighted by atomic mass is 16.3. The largest absolute Gasteiger partial charge is 0.465 e. The molecule has 3 heterocycles. The van der Waals surface area contributed by atoms with Crippen LogP contribution < -0.4 is 0 Å². The Kier molecular flexibility index (Phi) is 7.24. The number of carbonyl (C=O) groups is 1. The Morgan fingerprint density at radius 1 is 0.967 bits per heavy atom. The minimum atomic E-state index is 0.341. The lowest BCUT2D eigenvalue weighted by Gasteiger charge is -2.36. The number of hydrogen-bond acceptors (Lipinski definition) is 4. The molecule has 2 aliphatic rings. The maximum absolute atomic E-state index is 12.8. The summed E-state index contributed by atoms with van der Waals surface area (Å²) in [6, 6.07) is 14.7. The van der Waals surface area contributed by atoms with Gasteiger partial charge in [-0.2, -0.15) is 0 Å². The molecule has 0 N–H and O–H groups in total. The van der Waals surface area contributed by atoms with Gasteiger partial charge in [0.25, 0.3) is 0 Å². The molecule has 0 spiro atoms. The summed E-state index contributed by atoms with van der Waals surface area (Å²) in [7, 11) is 0. The van der Waals surface area contributed by atoms with Gasteiger partial charge in [-0.3, -0.25) is 14.6 Å². The third kappa shape index (κ3) is 5.96. The Morgan fingerprint density at radius 2 is 1.77 bits per heavy atom. The van der Waals surface area contributed by atoms with Crippen LogP contribution in [0, 0.1) is 12.8 Å². The Bertz CT molecular complexity index is 796. The standard InChI is InChI=1S/C25H35N3O2/c1-21-9-11-24(30-21)20-27-13-5-8-23(19-27)10-12-25(29)28-16-14-26(15-17-28)18-22-6-3-2-4-7-22/h2-4,6-7,9,11,23H,5,8,10,12-20H2,1H3. The van der Waals surface area contributed by atoms with Crippen molar-refractivity contribution < 1.29 is 9.21 Å². The number of carbonyl (C=O) groups excluding carboxylic acids is 1. The summed E-state index contributed by atoms with van der Waals surface area (Å²) in [5, 5.41) is 0. The van der Waals surface area contributed by atoms with Crippen molar-refractivity contribution in [2.75, 3.05) is 39.3 Å². The zero-order valence-corrected chi connectivity index (χ0v) is 18.3. The van der Waals surface area contributed by atoms with Crippen LogP contribution in [0.4, 0.5) is 0 Å². The number of likely N-dealkylation sites (tertiary alicyclic amines) is 1. The number of hydrogen-bond donors (Lipinski definition) is 0. The molecule has 1 atom stereocenters. The monoisotopic (exact) mass is 409 g/mol. The molecular formula is C25H35N3O2. The van der Waals surface area contributed by atoms with Gasteiger partial charge in [0.15, 0.2) is 0 Å². The lowest BCUT2D eigenvalue weighted by molar-refractivity contribution is -0.133. The maximum atomic E-state index is 12.8. The van der Waals surface area contributed by atoms with Crippen LogP contribution >= 0.6 is 0 Å². The summed E-state index contributed by atoms with van der Waals surface area (Å²) >= 11 is 0. The number of nitrogens with zero attached hydrogens (tertiary/aromatic N) is 3. The molecule has 4 rings (SSSR count). The molecule has 2 fully saturated rings. The molecule has 2 aromatic rings. The Balaban J connectivity index is 1.16. The summed E-state index contributed by atoms with van der Waals surface area (Å²) < 4.78 is 5.74. The number of aryl methyl sites for hydroxylation is 1. The molecule has 0 saturated carbocycles. The second kappa shape index (κ2) is 10.3. The van der Waals surface area contributed by atoms with E-state index in [4.69, 9.17) is 4.42 Å². The van der Waals surface area contributed by atoms with E-state index in [0.717, 1.165) is 70.3 Å². The predicted molar refractivity (Wildman–Crippen MR) is 119 cm³/mol. The van der Waals surface area contributed by atoms with E-state index in [-0.39, 0.29) is 0 Å². The smallest absolute Gasteiger partial charge is 0.222 e. The molecule has 2 aliphatic heterocycles. The highest BCUT2D eigenvalue weighted by molar-refractivity contribution is 5.76. The molecule has 1 aromatic carbocycles. The molecule has 0 radical (unpaired) electrons. The summed E-state index contributed by atoms with van der Waals surface area (Å²) in [6.07, 6.45) is 4.16. The van der Waals surface area contributed by atoms with E-state index < -0.39 is 0 Å². The van der Waals surface area contributed by atoms with Gasteiger partial charge in [-0.1, -0.05) is 30.3 Å². The van der Waals surface area contributed by atoms with E-state index in [1.54, 1.807) is 0 Å². The molecule has 1 unspecified atom stereocenters. The number of benzene rings is 1. The van der Waals surface area contributed by atoms with Crippen LogP contribution in [0.15, 0.2) is 46.9 Å². The quantitative estimate of drug-likeness (QED) is 0.695. The van der Waals surface area contributed by atoms with Crippen LogP contribution in [0.5, 0.6) is 0 Å². The minimum Gasteiger partial charge on any atom is -0.465 e. The van der Waals surface area contributed by atoms with Gasteiger partial charge in [0, 0.05) is 45.7 Å². The normalized spacial score (nSPS) is 21.1. The average Bonchev–Trinajstić information content (AvgIpc) is 3.18. The zero-order chi connectivity index (χ0) is 20.8. The second-order valence-corrected chi connectivity index (χ2v) is 8.94. The van der Waals surface area contributed by atoms with Crippen molar-refractivity contribution >= 4 is 5.91 Å². The van der Waals surface area contributed by atoms with Crippen molar-refractivity contribution in [3.05, 3.63) is 59.5 Å². The van der Waals surface area contributed by atoms with Crippen molar-refractivity contribution in [1.82, 2.24) is 14.7 Å². The van der Waals surface area contributed by atoms with Crippen LogP contribution in [0.25, 0.3) is 0 Å². The van der Waals surface area contributed by atoms with Crippen LogP contribution in [0.3, 0.4) is 0 Å². The number of rotatable bonds is 7. The van der Waals surface area contributed by atoms with E-state index in [1.807, 2.05) is 13.0 Å². The van der Waals surface area contributed by atoms with E-state index in [9.17, 15) is 4.79 Å². The van der Waals surface area contributed by atoms with Crippen molar-refractivity contribution in [2.45, 2.75) is 45.7 Å². The lowest BCUT2D eigenvalue weighted by Crippen LogP contribution is -2.48. The third-order valence-corrected chi connectivity index (χ3v) is 6.52. The van der Waals surface area contributed by atoms with Crippen LogP contribution in [0.1, 0.15) is 42.8 Å². The molecule has 5 heteroatoms. The van der Waals surface area contributed by atoms with E-state index in [0.29, 0.717) is 18.2 Å². The fourth-order valence-corrected chi connectivity index (χ4v) is 4.80. The van der Waals surface area contributed by atoms with Gasteiger partial charge >= 0.3 is 0 Å². The highest BCUT2D eigenvalue weighted by Gasteiger charge is 2.24. The van der Waals surface area contributed by atoms with E-state index >= 15 is 0 Å². The van der Waals surface area contributed by atoms with Gasteiger partial charge in [0.2, 0.25) is 5.91 Å². The van der Waals surface area contributed by atoms with Crippen LogP contribution in [-0.2, 0) is 17.9 Å². The molecular weight excluding hydrogens is 374 g/mol. The molecule has 162 valence electrons. The van der Waals surface area contributed by atoms with Gasteiger partial charge in [0.1, 0.15) is 11.5 Å². The number of piperazine rings is 1. The molecule has 5 nitrogen and oxygen atoms in total. The third-order valence-electron chi connectivity index (χ3n) is 6.52. The Labute approximate surface area is 180 Å². The molecule has 0 bridgehead atoms. The maximum Gasteiger partial charge on any atom is 0.222 e. The summed E-state index contributed by atoms with van der Waals surface area (Å²) in [5.74, 6) is 3.00. The van der Waals surface area contributed by atoms with E-state index in [1.165, 1.54) is 18.4 Å². The van der Waals surface area contributed by atoms with Crippen molar-refractivity contribution in [2.24, 2.45) is 5.92 Å². The summed E-state index contributed by atoms with van der Waals surface area (Å²) in [6.45, 7) is 9.75. The van der Waals surface area contributed by atoms with Gasteiger partial charge in [-0.25, -0.2) is 0 Å². The van der Waals surface area contributed by atoms with Gasteiger partial charge in [-0.15, -0.1) is 0 Å². The fourth-order valence-electron chi connectivity index (χ4n) is 4.80. The molecule has 0 aliphatic carbocycles. The average molecular weight is 410 g/mol. The minimum absolute atomic E-state index is 0.341. The van der Waals surface area contributed by atoms with Gasteiger partial charge in [0.05, 0.1) is 6.54 Å². The molecule has 30 heavy (non-hydrogen) atoms. The van der Waals surface area contributed by atoms with Crippen molar-refractivity contribution in [1.29, 1.82) is 0 Å². The SMILES string of the molecule is Cc1ccc(CN2CCCC(CCC(=O)N3CCN(Cc4ccccc4)CC3)C2)o1. The summed E-state index contributed by atoms with van der Waals surface area (Å²) in [5.41, 5.74) is 1.35. The first-order valence-electron chi connectivity index (χ1n) is 11.5. The van der Waals surface area contributed by atoms with Gasteiger partial charge in [-0.05, 0) is 56.3 Å². The summed E-state index contributed by atoms with van der Waals surface area (Å²) in [4.78, 5) is 19.8. The predicted octanol–water partition coefficient (Wildman–Crippen LogP) is 3.92. The topological polar surface area (TPSA) is 39.9 Å². The van der Waals surface area contributed by atoms with Crippen molar-refractivity contribution in [3.63, 3.8) is 0 Å². The Hall–Kier alpha value is -2.11. The van der Waals surface area contributed by atoms with Crippen molar-refractivity contribution in [3.8, 4) is 0 Å². The van der Waals surface area contributed by atoms with Gasteiger partial charge < -0.3 is 9.32 Å². The number of amides is 1. The second-order valence-electron chi connectivity index (χ2n) is 8.94. The van der Waals surface area contributed by atoms with Crippen LogP contribution in [0.2, 0.25) is 0 Å². The van der Waals surface area contributed by atoms with Crippen LogP contribution in [-0.4, -0.2) is 59.9 Å². The lowest BCUT2D eigenvalue weighted by atomic mass is 9.93. The fraction of sp³-hybridized carbons (Fsp3) is 0.560. The first-order chi connectivity index (χ1) is 14.7. The Morgan fingerprint density at radius 3 is 2.50 bits per heavy atom. The molecule has 1 aromatic heterocycles. The van der Waals surface area contributed by atoms with E-state index in [2.05, 4.69) is 51.1 Å². The molecule has 1 amide bonds. The first kappa shape index (κ1) is 21.1. The number of furan rings is 1. The zero-order valence-electron chi connectivity index (χ0n) is 18.3. The highest BCUT2D eigenvalue weighted by Crippen LogP contribution is 2.23.